The first-order valence-corrected chi connectivity index (χ1v) is 6.38. The predicted molar refractivity (Wildman–Crippen MR) is 60.6 cm³/mol. The Hall–Kier alpha value is -1.16. The summed E-state index contributed by atoms with van der Waals surface area (Å²) in [4.78, 5) is -0.123. The number of sulfonamides is 1. The molecule has 0 radical (unpaired) electrons. The molecular formula is C8H16N4O4S. The van der Waals surface area contributed by atoms with Crippen LogP contribution in [0.25, 0.3) is 0 Å². The molecule has 0 amide bonds. The molecule has 0 unspecified atom stereocenters. The highest BCUT2D eigenvalue weighted by molar-refractivity contribution is 7.89. The van der Waals surface area contributed by atoms with Crippen LogP contribution in [0.2, 0.25) is 0 Å². The molecule has 1 aromatic rings. The largest absolute Gasteiger partial charge is 0.395 e. The number of aliphatic hydroxyl groups is 2. The number of aromatic nitrogens is 2. The quantitative estimate of drug-likeness (QED) is 0.545. The van der Waals surface area contributed by atoms with Crippen LogP contribution in [0.1, 0.15) is 0 Å². The molecule has 9 heteroatoms. The van der Waals surface area contributed by atoms with Gasteiger partial charge in [-0.1, -0.05) is 0 Å². The molecule has 4 N–H and O–H groups in total. The molecule has 1 rings (SSSR count). The average molecular weight is 264 g/mol. The van der Waals surface area contributed by atoms with Gasteiger partial charge in [-0.2, -0.15) is 9.40 Å². The van der Waals surface area contributed by atoms with Gasteiger partial charge in [0.2, 0.25) is 10.0 Å². The molecule has 0 aliphatic heterocycles. The Balaban J connectivity index is 3.11. The van der Waals surface area contributed by atoms with Crippen LogP contribution in [0.4, 0.5) is 5.82 Å². The van der Waals surface area contributed by atoms with Crippen molar-refractivity contribution in [2.45, 2.75) is 4.90 Å². The standard InChI is InChI=1S/C8H16N4O4S/c1-11-6-7(8(9)10-11)17(15,16)12(2-4-13)3-5-14/h6,13-14H,2-5H2,1H3,(H2,9,10). The van der Waals surface area contributed by atoms with Crippen LogP contribution in [0, 0.1) is 0 Å². The van der Waals surface area contributed by atoms with Crippen molar-refractivity contribution in [1.82, 2.24) is 14.1 Å². The molecule has 8 nitrogen and oxygen atoms in total. The van der Waals surface area contributed by atoms with Gasteiger partial charge < -0.3 is 15.9 Å². The van der Waals surface area contributed by atoms with Crippen molar-refractivity contribution in [1.29, 1.82) is 0 Å². The third-order valence-electron chi connectivity index (χ3n) is 2.14. The molecule has 98 valence electrons. The van der Waals surface area contributed by atoms with Crippen molar-refractivity contribution in [3.63, 3.8) is 0 Å². The molecule has 17 heavy (non-hydrogen) atoms. The summed E-state index contributed by atoms with van der Waals surface area (Å²) >= 11 is 0. The summed E-state index contributed by atoms with van der Waals surface area (Å²) in [5, 5.41) is 21.4. The second-order valence-electron chi connectivity index (χ2n) is 3.40. The van der Waals surface area contributed by atoms with E-state index in [1.807, 2.05) is 0 Å². The summed E-state index contributed by atoms with van der Waals surface area (Å²) in [6.07, 6.45) is 1.28. The summed E-state index contributed by atoms with van der Waals surface area (Å²) in [5.41, 5.74) is 5.49. The smallest absolute Gasteiger partial charge is 0.248 e. The van der Waals surface area contributed by atoms with Crippen LogP contribution in [-0.2, 0) is 17.1 Å². The lowest BCUT2D eigenvalue weighted by molar-refractivity contribution is 0.217. The summed E-state index contributed by atoms with van der Waals surface area (Å²) in [7, 11) is -2.28. The van der Waals surface area contributed by atoms with E-state index in [9.17, 15) is 8.42 Å². The zero-order valence-corrected chi connectivity index (χ0v) is 10.3. The molecule has 0 aliphatic rings. The van der Waals surface area contributed by atoms with E-state index in [2.05, 4.69) is 5.10 Å². The number of hydrogen-bond acceptors (Lipinski definition) is 6. The van der Waals surface area contributed by atoms with Crippen molar-refractivity contribution in [2.24, 2.45) is 7.05 Å². The van der Waals surface area contributed by atoms with E-state index in [1.54, 1.807) is 7.05 Å². The third-order valence-corrected chi connectivity index (χ3v) is 4.05. The van der Waals surface area contributed by atoms with Gasteiger partial charge in [-0.3, -0.25) is 4.68 Å². The number of hydrogen-bond donors (Lipinski definition) is 3. The normalized spacial score (nSPS) is 12.2. The maximum Gasteiger partial charge on any atom is 0.248 e. The van der Waals surface area contributed by atoms with Crippen LogP contribution in [0.5, 0.6) is 0 Å². The molecule has 1 heterocycles. The Morgan fingerprint density at radius 2 is 1.94 bits per heavy atom. The predicted octanol–water partition coefficient (Wildman–Crippen LogP) is -2.02. The molecule has 0 fully saturated rings. The van der Waals surface area contributed by atoms with Crippen molar-refractivity contribution in [2.75, 3.05) is 32.0 Å². The zero-order valence-electron chi connectivity index (χ0n) is 9.44. The minimum absolute atomic E-state index is 0.1000. The second kappa shape index (κ2) is 5.45. The summed E-state index contributed by atoms with van der Waals surface area (Å²) in [6, 6.07) is 0. The van der Waals surface area contributed by atoms with Crippen LogP contribution >= 0.6 is 0 Å². The topological polar surface area (TPSA) is 122 Å². The lowest BCUT2D eigenvalue weighted by atomic mass is 10.6. The molecule has 0 atom stereocenters. The highest BCUT2D eigenvalue weighted by Crippen LogP contribution is 2.20. The molecule has 0 aromatic carbocycles. The lowest BCUT2D eigenvalue weighted by Crippen LogP contribution is -2.36. The summed E-state index contributed by atoms with van der Waals surface area (Å²) in [6.45, 7) is -0.868. The van der Waals surface area contributed by atoms with E-state index in [-0.39, 0.29) is 37.0 Å². The number of anilines is 1. The first kappa shape index (κ1) is 13.9. The van der Waals surface area contributed by atoms with Gasteiger partial charge in [0.25, 0.3) is 0 Å². The SMILES string of the molecule is Cn1cc(S(=O)(=O)N(CCO)CCO)c(N)n1. The van der Waals surface area contributed by atoms with Gasteiger partial charge in [0.1, 0.15) is 4.90 Å². The van der Waals surface area contributed by atoms with Gasteiger partial charge in [-0.15, -0.1) is 0 Å². The monoisotopic (exact) mass is 264 g/mol. The van der Waals surface area contributed by atoms with Crippen molar-refractivity contribution >= 4 is 15.8 Å². The zero-order chi connectivity index (χ0) is 13.1. The molecule has 1 aromatic heterocycles. The first-order valence-electron chi connectivity index (χ1n) is 4.94. The molecule has 0 aliphatic carbocycles. The van der Waals surface area contributed by atoms with Crippen LogP contribution < -0.4 is 5.73 Å². The highest BCUT2D eigenvalue weighted by atomic mass is 32.2. The fourth-order valence-corrected chi connectivity index (χ4v) is 2.91. The van der Waals surface area contributed by atoms with Crippen LogP contribution in [0.3, 0.4) is 0 Å². The maximum absolute atomic E-state index is 12.1. The number of nitrogens with zero attached hydrogens (tertiary/aromatic N) is 3. The number of nitrogens with two attached hydrogens (primary N) is 1. The lowest BCUT2D eigenvalue weighted by Gasteiger charge is -2.19. The molecule has 0 saturated heterocycles. The molecular weight excluding hydrogens is 248 g/mol. The number of rotatable bonds is 6. The van der Waals surface area contributed by atoms with E-state index < -0.39 is 10.0 Å². The van der Waals surface area contributed by atoms with Crippen molar-refractivity contribution in [3.05, 3.63) is 6.20 Å². The van der Waals surface area contributed by atoms with Crippen LogP contribution in [-0.4, -0.2) is 59.0 Å². The Morgan fingerprint density at radius 3 is 2.29 bits per heavy atom. The van der Waals surface area contributed by atoms with Crippen molar-refractivity contribution < 1.29 is 18.6 Å². The van der Waals surface area contributed by atoms with Gasteiger partial charge in [-0.25, -0.2) is 8.42 Å². The Labute approximate surface area is 99.3 Å². The average Bonchev–Trinajstić information content (AvgIpc) is 2.58. The Kier molecular flexibility index (Phi) is 4.46. The molecule has 0 spiro atoms. The fourth-order valence-electron chi connectivity index (χ4n) is 1.40. The highest BCUT2D eigenvalue weighted by Gasteiger charge is 2.27. The van der Waals surface area contributed by atoms with Gasteiger partial charge >= 0.3 is 0 Å². The molecule has 0 saturated carbocycles. The number of aryl methyl sites for hydroxylation is 1. The number of aliphatic hydroxyl groups excluding tert-OH is 2. The van der Waals surface area contributed by atoms with E-state index in [0.29, 0.717) is 0 Å². The van der Waals surface area contributed by atoms with E-state index in [4.69, 9.17) is 15.9 Å². The fraction of sp³-hybridized carbons (Fsp3) is 0.625. The van der Waals surface area contributed by atoms with Crippen molar-refractivity contribution in [3.8, 4) is 0 Å². The summed E-state index contributed by atoms with van der Waals surface area (Å²) in [5.74, 6) is -0.103. The minimum Gasteiger partial charge on any atom is -0.395 e. The molecule has 0 bridgehead atoms. The Bertz CT molecular complexity index is 464. The number of nitrogen functional groups attached to an aromatic ring is 1. The Morgan fingerprint density at radius 1 is 1.41 bits per heavy atom. The minimum atomic E-state index is -3.83. The van der Waals surface area contributed by atoms with Gasteiger partial charge in [-0.05, 0) is 0 Å². The van der Waals surface area contributed by atoms with Gasteiger partial charge in [0.05, 0.1) is 13.2 Å². The first-order chi connectivity index (χ1) is 7.93. The van der Waals surface area contributed by atoms with E-state index >= 15 is 0 Å². The third kappa shape index (κ3) is 2.94. The van der Waals surface area contributed by atoms with E-state index in [0.717, 1.165) is 4.31 Å². The second-order valence-corrected chi connectivity index (χ2v) is 5.31. The maximum atomic E-state index is 12.1. The van der Waals surface area contributed by atoms with Gasteiger partial charge in [0.15, 0.2) is 5.82 Å². The van der Waals surface area contributed by atoms with Crippen LogP contribution in [0.15, 0.2) is 11.1 Å². The summed E-state index contributed by atoms with van der Waals surface area (Å²) < 4.78 is 26.5. The van der Waals surface area contributed by atoms with E-state index in [1.165, 1.54) is 10.9 Å². The van der Waals surface area contributed by atoms with Gasteiger partial charge in [0, 0.05) is 26.3 Å².